The standard InChI is InChI=1S/C7H12N4/c1-6-9-10-7-2-3-8-4-5-11(6)7/h8H,2-5H2,1H3. The minimum absolute atomic E-state index is 1.00. The molecule has 0 saturated heterocycles. The lowest BCUT2D eigenvalue weighted by molar-refractivity contribution is 0.630. The van der Waals surface area contributed by atoms with Crippen molar-refractivity contribution in [1.29, 1.82) is 0 Å². The molecule has 2 rings (SSSR count). The molecule has 1 N–H and O–H groups in total. The van der Waals surface area contributed by atoms with Crippen molar-refractivity contribution in [2.45, 2.75) is 19.9 Å². The smallest absolute Gasteiger partial charge is 0.134 e. The van der Waals surface area contributed by atoms with Gasteiger partial charge in [0.25, 0.3) is 0 Å². The molecule has 11 heavy (non-hydrogen) atoms. The summed E-state index contributed by atoms with van der Waals surface area (Å²) in [5.41, 5.74) is 0. The zero-order valence-corrected chi connectivity index (χ0v) is 6.67. The van der Waals surface area contributed by atoms with Gasteiger partial charge >= 0.3 is 0 Å². The third kappa shape index (κ3) is 1.14. The highest BCUT2D eigenvalue weighted by Crippen LogP contribution is 2.02. The molecule has 0 unspecified atom stereocenters. The summed E-state index contributed by atoms with van der Waals surface area (Å²) >= 11 is 0. The van der Waals surface area contributed by atoms with Gasteiger partial charge in [0.05, 0.1) is 0 Å². The van der Waals surface area contributed by atoms with Gasteiger partial charge in [0.15, 0.2) is 0 Å². The van der Waals surface area contributed by atoms with Gasteiger partial charge in [-0.1, -0.05) is 0 Å². The van der Waals surface area contributed by atoms with Gasteiger partial charge in [-0.3, -0.25) is 0 Å². The van der Waals surface area contributed by atoms with Crippen LogP contribution in [-0.4, -0.2) is 27.9 Å². The minimum atomic E-state index is 1.00. The topological polar surface area (TPSA) is 42.7 Å². The number of aromatic nitrogens is 3. The van der Waals surface area contributed by atoms with Crippen molar-refractivity contribution in [2.75, 3.05) is 13.1 Å². The molecule has 1 aromatic rings. The summed E-state index contributed by atoms with van der Waals surface area (Å²) in [6.07, 6.45) is 1.00. The Morgan fingerprint density at radius 1 is 1.36 bits per heavy atom. The number of hydrogen-bond acceptors (Lipinski definition) is 3. The van der Waals surface area contributed by atoms with E-state index in [-0.39, 0.29) is 0 Å². The molecule has 4 heteroatoms. The fraction of sp³-hybridized carbons (Fsp3) is 0.714. The van der Waals surface area contributed by atoms with Crippen LogP contribution in [0.4, 0.5) is 0 Å². The molecule has 0 aliphatic carbocycles. The lowest BCUT2D eigenvalue weighted by Crippen LogP contribution is -2.17. The normalized spacial score (nSPS) is 17.5. The Bertz CT molecular complexity index is 253. The second-order valence-electron chi connectivity index (χ2n) is 2.82. The average Bonchev–Trinajstić information content (AvgIpc) is 2.25. The first-order valence-corrected chi connectivity index (χ1v) is 3.97. The maximum atomic E-state index is 4.09. The van der Waals surface area contributed by atoms with E-state index in [0.29, 0.717) is 0 Å². The first-order chi connectivity index (χ1) is 5.38. The van der Waals surface area contributed by atoms with Crippen LogP contribution in [0.15, 0.2) is 0 Å². The van der Waals surface area contributed by atoms with Crippen LogP contribution >= 0.6 is 0 Å². The maximum absolute atomic E-state index is 4.09. The average molecular weight is 152 g/mol. The quantitative estimate of drug-likeness (QED) is 0.556. The Kier molecular flexibility index (Phi) is 1.62. The lowest BCUT2D eigenvalue weighted by Gasteiger charge is -2.01. The molecule has 1 aliphatic rings. The van der Waals surface area contributed by atoms with Gasteiger partial charge in [0.1, 0.15) is 11.6 Å². The summed E-state index contributed by atoms with van der Waals surface area (Å²) in [6.45, 7) is 5.07. The molecule has 0 radical (unpaired) electrons. The highest BCUT2D eigenvalue weighted by Gasteiger charge is 2.10. The van der Waals surface area contributed by atoms with Gasteiger partial charge in [-0.15, -0.1) is 10.2 Å². The van der Waals surface area contributed by atoms with Gasteiger partial charge in [0.2, 0.25) is 0 Å². The van der Waals surface area contributed by atoms with Crippen LogP contribution in [0.1, 0.15) is 11.6 Å². The van der Waals surface area contributed by atoms with Crippen LogP contribution in [0.5, 0.6) is 0 Å². The monoisotopic (exact) mass is 152 g/mol. The largest absolute Gasteiger partial charge is 0.315 e. The molecule has 0 atom stereocenters. The first-order valence-electron chi connectivity index (χ1n) is 3.97. The van der Waals surface area contributed by atoms with E-state index in [9.17, 15) is 0 Å². The zero-order valence-electron chi connectivity index (χ0n) is 6.67. The molecule has 0 aromatic carbocycles. The number of nitrogens with one attached hydrogen (secondary N) is 1. The van der Waals surface area contributed by atoms with Gasteiger partial charge in [0, 0.05) is 26.1 Å². The predicted octanol–water partition coefficient (Wildman–Crippen LogP) is -0.268. The Morgan fingerprint density at radius 3 is 3.18 bits per heavy atom. The van der Waals surface area contributed by atoms with Crippen molar-refractivity contribution in [2.24, 2.45) is 0 Å². The van der Waals surface area contributed by atoms with Crippen molar-refractivity contribution in [1.82, 2.24) is 20.1 Å². The van der Waals surface area contributed by atoms with E-state index in [0.717, 1.165) is 37.7 Å². The summed E-state index contributed by atoms with van der Waals surface area (Å²) in [6, 6.07) is 0. The van der Waals surface area contributed by atoms with Gasteiger partial charge in [-0.05, 0) is 6.92 Å². The molecule has 0 fully saturated rings. The first kappa shape index (κ1) is 6.79. The summed E-state index contributed by atoms with van der Waals surface area (Å²) in [5.74, 6) is 2.15. The van der Waals surface area contributed by atoms with Gasteiger partial charge in [-0.2, -0.15) is 0 Å². The molecule has 2 heterocycles. The summed E-state index contributed by atoms with van der Waals surface area (Å²) in [7, 11) is 0. The Morgan fingerprint density at radius 2 is 2.27 bits per heavy atom. The van der Waals surface area contributed by atoms with Crippen molar-refractivity contribution >= 4 is 0 Å². The molecular formula is C7H12N4. The molecular weight excluding hydrogens is 140 g/mol. The minimum Gasteiger partial charge on any atom is -0.315 e. The van der Waals surface area contributed by atoms with Gasteiger partial charge < -0.3 is 9.88 Å². The van der Waals surface area contributed by atoms with Crippen LogP contribution in [0, 0.1) is 6.92 Å². The molecule has 0 saturated carbocycles. The summed E-state index contributed by atoms with van der Waals surface area (Å²) in [4.78, 5) is 0. The molecule has 60 valence electrons. The third-order valence-corrected chi connectivity index (χ3v) is 2.05. The van der Waals surface area contributed by atoms with E-state index >= 15 is 0 Å². The lowest BCUT2D eigenvalue weighted by atomic mass is 10.4. The molecule has 0 amide bonds. The maximum Gasteiger partial charge on any atom is 0.134 e. The summed E-state index contributed by atoms with van der Waals surface area (Å²) < 4.78 is 2.18. The fourth-order valence-electron chi connectivity index (χ4n) is 1.42. The molecule has 0 bridgehead atoms. The highest BCUT2D eigenvalue weighted by molar-refractivity contribution is 4.96. The molecule has 4 nitrogen and oxygen atoms in total. The van der Waals surface area contributed by atoms with E-state index in [4.69, 9.17) is 0 Å². The number of nitrogens with zero attached hydrogens (tertiary/aromatic N) is 3. The van der Waals surface area contributed by atoms with E-state index in [1.54, 1.807) is 0 Å². The highest BCUT2D eigenvalue weighted by atomic mass is 15.3. The van der Waals surface area contributed by atoms with Crippen LogP contribution in [0.3, 0.4) is 0 Å². The molecule has 1 aromatic heterocycles. The van der Waals surface area contributed by atoms with Crippen molar-refractivity contribution in [3.63, 3.8) is 0 Å². The fourth-order valence-corrected chi connectivity index (χ4v) is 1.42. The molecule has 0 spiro atoms. The second kappa shape index (κ2) is 2.62. The van der Waals surface area contributed by atoms with Gasteiger partial charge in [-0.25, -0.2) is 0 Å². The van der Waals surface area contributed by atoms with E-state index in [1.165, 1.54) is 0 Å². The van der Waals surface area contributed by atoms with Crippen molar-refractivity contribution < 1.29 is 0 Å². The Labute approximate surface area is 65.6 Å². The van der Waals surface area contributed by atoms with Crippen LogP contribution in [0.2, 0.25) is 0 Å². The van der Waals surface area contributed by atoms with Crippen LogP contribution < -0.4 is 5.32 Å². The third-order valence-electron chi connectivity index (χ3n) is 2.05. The second-order valence-corrected chi connectivity index (χ2v) is 2.82. The Balaban J connectivity index is 2.35. The van der Waals surface area contributed by atoms with Crippen LogP contribution in [-0.2, 0) is 13.0 Å². The number of aryl methyl sites for hydroxylation is 1. The van der Waals surface area contributed by atoms with Crippen molar-refractivity contribution in [3.05, 3.63) is 11.6 Å². The van der Waals surface area contributed by atoms with E-state index in [1.807, 2.05) is 6.92 Å². The molecule has 1 aliphatic heterocycles. The number of fused-ring (bicyclic) bond motifs is 1. The van der Waals surface area contributed by atoms with E-state index < -0.39 is 0 Å². The van der Waals surface area contributed by atoms with E-state index in [2.05, 4.69) is 20.1 Å². The number of rotatable bonds is 0. The Hall–Kier alpha value is -0.900. The number of hydrogen-bond donors (Lipinski definition) is 1. The predicted molar refractivity (Wildman–Crippen MR) is 41.3 cm³/mol. The van der Waals surface area contributed by atoms with Crippen molar-refractivity contribution in [3.8, 4) is 0 Å². The van der Waals surface area contributed by atoms with Crippen LogP contribution in [0.25, 0.3) is 0 Å². The SMILES string of the molecule is Cc1nnc2n1CCNCC2. The zero-order chi connectivity index (χ0) is 7.68. The summed E-state index contributed by atoms with van der Waals surface area (Å²) in [5, 5.41) is 11.4.